The molecule has 0 saturated heterocycles. The predicted octanol–water partition coefficient (Wildman–Crippen LogP) is 6.17. The zero-order valence-corrected chi connectivity index (χ0v) is 17.1. The first-order chi connectivity index (χ1) is 13.4. The van der Waals surface area contributed by atoms with Gasteiger partial charge in [-0.25, -0.2) is 4.99 Å². The van der Waals surface area contributed by atoms with Gasteiger partial charge in [0, 0.05) is 7.11 Å². The van der Waals surface area contributed by atoms with Crippen LogP contribution >= 0.6 is 0 Å². The molecule has 0 aliphatic carbocycles. The van der Waals surface area contributed by atoms with Crippen LogP contribution in [0.3, 0.4) is 0 Å². The molecule has 144 valence electrons. The highest BCUT2D eigenvalue weighted by Crippen LogP contribution is 2.37. The van der Waals surface area contributed by atoms with Gasteiger partial charge in [0.2, 0.25) is 5.96 Å². The first-order valence-corrected chi connectivity index (χ1v) is 9.58. The first kappa shape index (κ1) is 18.1. The van der Waals surface area contributed by atoms with Gasteiger partial charge in [-0.1, -0.05) is 35.9 Å². The first-order valence-electron chi connectivity index (χ1n) is 9.58. The number of fused-ring (bicyclic) bond motifs is 1. The van der Waals surface area contributed by atoms with Gasteiger partial charge in [-0.05, 0) is 86.2 Å². The van der Waals surface area contributed by atoms with Crippen LogP contribution in [0.5, 0.6) is 0 Å². The van der Waals surface area contributed by atoms with E-state index in [1.165, 1.54) is 33.4 Å². The van der Waals surface area contributed by atoms with Crippen LogP contribution in [0.25, 0.3) is 11.1 Å². The SMILES string of the molecule is Cc1ccc(NC2=Nc3c(C)cc(-c4c(C)cccc4C)cc3NN2)c(C)c1.[HH]. The van der Waals surface area contributed by atoms with Gasteiger partial charge in [-0.15, -0.1) is 0 Å². The second kappa shape index (κ2) is 7.04. The number of anilines is 2. The third kappa shape index (κ3) is 3.33. The van der Waals surface area contributed by atoms with Crippen LogP contribution in [0.4, 0.5) is 17.1 Å². The highest BCUT2D eigenvalue weighted by molar-refractivity contribution is 6.00. The summed E-state index contributed by atoms with van der Waals surface area (Å²) >= 11 is 0. The van der Waals surface area contributed by atoms with Crippen molar-refractivity contribution < 1.29 is 1.43 Å². The van der Waals surface area contributed by atoms with Crippen molar-refractivity contribution in [1.29, 1.82) is 0 Å². The lowest BCUT2D eigenvalue weighted by atomic mass is 9.93. The topological polar surface area (TPSA) is 48.5 Å². The van der Waals surface area contributed by atoms with Crippen molar-refractivity contribution in [2.24, 2.45) is 4.99 Å². The molecule has 1 heterocycles. The fourth-order valence-electron chi connectivity index (χ4n) is 3.84. The van der Waals surface area contributed by atoms with Gasteiger partial charge in [0.25, 0.3) is 0 Å². The van der Waals surface area contributed by atoms with E-state index in [0.29, 0.717) is 5.96 Å². The lowest BCUT2D eigenvalue weighted by Gasteiger charge is -2.23. The maximum Gasteiger partial charge on any atom is 0.220 e. The molecule has 0 bridgehead atoms. The highest BCUT2D eigenvalue weighted by Gasteiger charge is 2.17. The molecule has 28 heavy (non-hydrogen) atoms. The third-order valence-electron chi connectivity index (χ3n) is 5.24. The molecule has 4 heteroatoms. The molecule has 4 rings (SSSR count). The largest absolute Gasteiger partial charge is 0.324 e. The van der Waals surface area contributed by atoms with E-state index in [2.05, 4.69) is 99.3 Å². The molecule has 3 aromatic rings. The van der Waals surface area contributed by atoms with E-state index in [9.17, 15) is 0 Å². The number of nitrogens with one attached hydrogen (secondary N) is 3. The smallest absolute Gasteiger partial charge is 0.220 e. The molecule has 0 spiro atoms. The van der Waals surface area contributed by atoms with Gasteiger partial charge in [0.15, 0.2) is 0 Å². The van der Waals surface area contributed by atoms with E-state index < -0.39 is 0 Å². The monoisotopic (exact) mass is 372 g/mol. The highest BCUT2D eigenvalue weighted by atomic mass is 15.5. The summed E-state index contributed by atoms with van der Waals surface area (Å²) in [5.74, 6) is 0.697. The Morgan fingerprint density at radius 3 is 2.25 bits per heavy atom. The van der Waals surface area contributed by atoms with Gasteiger partial charge in [0.05, 0.1) is 11.4 Å². The summed E-state index contributed by atoms with van der Waals surface area (Å²) in [5.41, 5.74) is 18.1. The molecule has 0 aromatic heterocycles. The van der Waals surface area contributed by atoms with Crippen molar-refractivity contribution in [2.45, 2.75) is 34.6 Å². The van der Waals surface area contributed by atoms with E-state index in [0.717, 1.165) is 22.6 Å². The average molecular weight is 373 g/mol. The van der Waals surface area contributed by atoms with Crippen LogP contribution in [-0.2, 0) is 0 Å². The summed E-state index contributed by atoms with van der Waals surface area (Å²) in [5, 5.41) is 3.39. The van der Waals surface area contributed by atoms with Crippen LogP contribution in [0.15, 0.2) is 53.5 Å². The fraction of sp³-hybridized carbons (Fsp3) is 0.208. The Labute approximate surface area is 168 Å². The molecular weight excluding hydrogens is 344 g/mol. The quantitative estimate of drug-likeness (QED) is 0.504. The van der Waals surface area contributed by atoms with Crippen molar-refractivity contribution >= 4 is 23.0 Å². The Morgan fingerprint density at radius 1 is 0.786 bits per heavy atom. The molecule has 0 fully saturated rings. The fourth-order valence-corrected chi connectivity index (χ4v) is 3.84. The summed E-state index contributed by atoms with van der Waals surface area (Å²) in [7, 11) is 0. The number of benzene rings is 3. The Balaban J connectivity index is 0.00000240. The molecule has 0 saturated carbocycles. The zero-order chi connectivity index (χ0) is 19.8. The number of hydrogen-bond acceptors (Lipinski definition) is 4. The minimum atomic E-state index is 0. The van der Waals surface area contributed by atoms with Crippen LogP contribution < -0.4 is 16.2 Å². The number of rotatable bonds is 2. The molecule has 0 unspecified atom stereocenters. The third-order valence-corrected chi connectivity index (χ3v) is 5.24. The normalized spacial score (nSPS) is 12.5. The second-order valence-corrected chi connectivity index (χ2v) is 7.61. The maximum atomic E-state index is 4.82. The van der Waals surface area contributed by atoms with Crippen molar-refractivity contribution in [3.63, 3.8) is 0 Å². The van der Waals surface area contributed by atoms with Crippen molar-refractivity contribution in [2.75, 3.05) is 10.7 Å². The number of nitrogens with zero attached hydrogens (tertiary/aromatic N) is 1. The molecule has 1 aliphatic heterocycles. The van der Waals surface area contributed by atoms with Crippen LogP contribution in [-0.4, -0.2) is 5.96 Å². The van der Waals surface area contributed by atoms with Crippen molar-refractivity contribution in [3.05, 3.63) is 76.3 Å². The molecule has 3 aromatic carbocycles. The van der Waals surface area contributed by atoms with Crippen molar-refractivity contribution in [1.82, 2.24) is 5.43 Å². The van der Waals surface area contributed by atoms with Crippen molar-refractivity contribution in [3.8, 4) is 11.1 Å². The molecular formula is C24H28N4. The summed E-state index contributed by atoms with van der Waals surface area (Å²) < 4.78 is 0. The molecule has 1 aliphatic rings. The standard InChI is InChI=1S/C24H26N4.H2/c1-14-9-10-20(17(4)11-14)25-24-26-23-18(5)12-19(13-21(23)27-28-24)22-15(2)7-6-8-16(22)3;/h6-13,27H,1-5H3,(H2,25,26,28);1H. The Morgan fingerprint density at radius 2 is 1.54 bits per heavy atom. The Hall–Kier alpha value is -3.27. The number of aryl methyl sites for hydroxylation is 5. The predicted molar refractivity (Wildman–Crippen MR) is 122 cm³/mol. The number of aliphatic imine (C=N–C) groups is 1. The molecule has 0 radical (unpaired) electrons. The van der Waals surface area contributed by atoms with E-state index >= 15 is 0 Å². The average Bonchev–Trinajstić information content (AvgIpc) is 2.64. The zero-order valence-electron chi connectivity index (χ0n) is 17.1. The summed E-state index contributed by atoms with van der Waals surface area (Å²) in [6, 6.07) is 17.2. The summed E-state index contributed by atoms with van der Waals surface area (Å²) in [6.45, 7) is 10.6. The molecule has 4 nitrogen and oxygen atoms in total. The van der Waals surface area contributed by atoms with E-state index in [1.54, 1.807) is 0 Å². The van der Waals surface area contributed by atoms with E-state index in [-0.39, 0.29) is 1.43 Å². The summed E-state index contributed by atoms with van der Waals surface area (Å²) in [6.07, 6.45) is 0. The Bertz CT molecular complexity index is 1080. The minimum Gasteiger partial charge on any atom is -0.324 e. The van der Waals surface area contributed by atoms with Crippen LogP contribution in [0, 0.1) is 34.6 Å². The van der Waals surface area contributed by atoms with E-state index in [4.69, 9.17) is 4.99 Å². The van der Waals surface area contributed by atoms with Gasteiger partial charge < -0.3 is 5.32 Å². The molecule has 3 N–H and O–H groups in total. The maximum absolute atomic E-state index is 4.82. The molecule has 0 amide bonds. The Kier molecular flexibility index (Phi) is 4.55. The number of guanidine groups is 1. The van der Waals surface area contributed by atoms with E-state index in [1.807, 2.05) is 0 Å². The summed E-state index contributed by atoms with van der Waals surface area (Å²) in [4.78, 5) is 4.82. The van der Waals surface area contributed by atoms with Gasteiger partial charge in [-0.2, -0.15) is 0 Å². The van der Waals surface area contributed by atoms with Crippen LogP contribution in [0.2, 0.25) is 0 Å². The minimum absolute atomic E-state index is 0. The van der Waals surface area contributed by atoms with Gasteiger partial charge in [0.1, 0.15) is 0 Å². The lowest BCUT2D eigenvalue weighted by molar-refractivity contribution is 1.07. The molecule has 0 atom stereocenters. The van der Waals surface area contributed by atoms with Gasteiger partial charge in [-0.3, -0.25) is 10.9 Å². The number of hydrogen-bond donors (Lipinski definition) is 3. The van der Waals surface area contributed by atoms with Crippen LogP contribution in [0.1, 0.15) is 29.2 Å². The van der Waals surface area contributed by atoms with Gasteiger partial charge >= 0.3 is 0 Å². The number of hydrazine groups is 1. The lowest BCUT2D eigenvalue weighted by Crippen LogP contribution is -2.37. The second-order valence-electron chi connectivity index (χ2n) is 7.61.